The molecule has 1 amide bonds. The monoisotopic (exact) mass is 392 g/mol. The Balaban J connectivity index is 1.77. The van der Waals surface area contributed by atoms with Gasteiger partial charge in [0.2, 0.25) is 5.91 Å². The van der Waals surface area contributed by atoms with Crippen molar-refractivity contribution in [2.45, 2.75) is 13.3 Å². The van der Waals surface area contributed by atoms with Gasteiger partial charge < -0.3 is 9.84 Å². The highest BCUT2D eigenvalue weighted by Crippen LogP contribution is 2.20. The van der Waals surface area contributed by atoms with E-state index in [-0.39, 0.29) is 12.3 Å². The van der Waals surface area contributed by atoms with Crippen molar-refractivity contribution in [3.8, 4) is 0 Å². The largest absolute Gasteiger partial charge is 0.356 e. The first-order valence-corrected chi connectivity index (χ1v) is 7.60. The number of nitrogens with zero attached hydrogens (tertiary/aromatic N) is 1. The van der Waals surface area contributed by atoms with E-state index in [1.54, 1.807) is 0 Å². The zero-order chi connectivity index (χ0) is 14.8. The Kier molecular flexibility index (Phi) is 3.92. The highest BCUT2D eigenvalue weighted by molar-refractivity contribution is 14.1. The van der Waals surface area contributed by atoms with Crippen molar-refractivity contribution < 1.29 is 9.32 Å². The van der Waals surface area contributed by atoms with Gasteiger partial charge in [0.1, 0.15) is 5.69 Å². The Bertz CT molecular complexity index is 811. The van der Waals surface area contributed by atoms with Crippen LogP contribution in [-0.2, 0) is 11.2 Å². The second-order valence-corrected chi connectivity index (χ2v) is 6.06. The number of aryl methyl sites for hydroxylation is 1. The minimum absolute atomic E-state index is 0.0987. The molecule has 3 rings (SSSR count). The summed E-state index contributed by atoms with van der Waals surface area (Å²) >= 11 is 2.25. The van der Waals surface area contributed by atoms with Crippen molar-refractivity contribution in [2.24, 2.45) is 0 Å². The number of hydrogen-bond acceptors (Lipinski definition) is 3. The van der Waals surface area contributed by atoms with Crippen molar-refractivity contribution >= 4 is 45.2 Å². The molecule has 106 valence electrons. The normalized spacial score (nSPS) is 10.8. The van der Waals surface area contributed by atoms with E-state index in [9.17, 15) is 4.79 Å². The molecule has 0 spiro atoms. The number of aromatic nitrogens is 1. The van der Waals surface area contributed by atoms with Crippen LogP contribution in [0.5, 0.6) is 0 Å². The van der Waals surface area contributed by atoms with E-state index in [1.165, 1.54) is 0 Å². The predicted molar refractivity (Wildman–Crippen MR) is 90.2 cm³/mol. The number of rotatable bonds is 3. The molecule has 0 aliphatic carbocycles. The molecular formula is C16H13IN2O2. The van der Waals surface area contributed by atoms with Gasteiger partial charge >= 0.3 is 0 Å². The molecule has 0 aliphatic rings. The second kappa shape index (κ2) is 5.85. The van der Waals surface area contributed by atoms with E-state index in [4.69, 9.17) is 4.52 Å². The lowest BCUT2D eigenvalue weighted by Crippen LogP contribution is -2.15. The number of anilines is 1. The molecule has 1 N–H and O–H groups in total. The van der Waals surface area contributed by atoms with Gasteiger partial charge in [0, 0.05) is 14.6 Å². The van der Waals surface area contributed by atoms with Crippen molar-refractivity contribution in [1.82, 2.24) is 5.16 Å². The van der Waals surface area contributed by atoms with Crippen LogP contribution >= 0.6 is 22.6 Å². The SMILES string of the molecule is Cc1cc(I)ccc1NC(=O)Cc1noc2ccccc12. The lowest BCUT2D eigenvalue weighted by Gasteiger charge is -2.08. The molecular weight excluding hydrogens is 379 g/mol. The lowest BCUT2D eigenvalue weighted by atomic mass is 10.1. The first-order valence-electron chi connectivity index (χ1n) is 6.53. The Hall–Kier alpha value is -1.89. The Morgan fingerprint density at radius 1 is 1.29 bits per heavy atom. The second-order valence-electron chi connectivity index (χ2n) is 4.81. The maximum absolute atomic E-state index is 12.2. The molecule has 5 heteroatoms. The summed E-state index contributed by atoms with van der Waals surface area (Å²) in [7, 11) is 0. The molecule has 2 aromatic carbocycles. The molecule has 0 fully saturated rings. The van der Waals surface area contributed by atoms with E-state index >= 15 is 0 Å². The quantitative estimate of drug-likeness (QED) is 0.688. The van der Waals surface area contributed by atoms with Crippen LogP contribution in [0.25, 0.3) is 11.0 Å². The number of nitrogens with one attached hydrogen (secondary N) is 1. The average Bonchev–Trinajstić information content (AvgIpc) is 2.85. The Labute approximate surface area is 135 Å². The van der Waals surface area contributed by atoms with Gasteiger partial charge in [0.15, 0.2) is 5.58 Å². The molecule has 0 saturated heterocycles. The zero-order valence-electron chi connectivity index (χ0n) is 11.4. The summed E-state index contributed by atoms with van der Waals surface area (Å²) in [6, 6.07) is 13.4. The van der Waals surface area contributed by atoms with Crippen LogP contribution in [-0.4, -0.2) is 11.1 Å². The number of hydrogen-bond donors (Lipinski definition) is 1. The fourth-order valence-corrected chi connectivity index (χ4v) is 2.83. The van der Waals surface area contributed by atoms with Crippen LogP contribution in [0.1, 0.15) is 11.3 Å². The van der Waals surface area contributed by atoms with Crippen molar-refractivity contribution in [2.75, 3.05) is 5.32 Å². The Morgan fingerprint density at radius 3 is 2.90 bits per heavy atom. The van der Waals surface area contributed by atoms with Crippen molar-refractivity contribution in [1.29, 1.82) is 0 Å². The van der Waals surface area contributed by atoms with Gasteiger partial charge in [-0.1, -0.05) is 17.3 Å². The molecule has 0 aliphatic heterocycles. The molecule has 3 aromatic rings. The molecule has 0 saturated carbocycles. The van der Waals surface area contributed by atoms with E-state index in [1.807, 2.05) is 49.4 Å². The van der Waals surface area contributed by atoms with Crippen LogP contribution in [0, 0.1) is 10.5 Å². The molecule has 21 heavy (non-hydrogen) atoms. The van der Waals surface area contributed by atoms with Crippen LogP contribution in [0.4, 0.5) is 5.69 Å². The number of fused-ring (bicyclic) bond motifs is 1. The van der Waals surface area contributed by atoms with E-state index in [2.05, 4.69) is 33.1 Å². The van der Waals surface area contributed by atoms with Gasteiger partial charge in [-0.15, -0.1) is 0 Å². The van der Waals surface area contributed by atoms with Crippen LogP contribution < -0.4 is 5.32 Å². The maximum Gasteiger partial charge on any atom is 0.230 e. The van der Waals surface area contributed by atoms with Crippen molar-refractivity contribution in [3.63, 3.8) is 0 Å². The summed E-state index contributed by atoms with van der Waals surface area (Å²) in [5.74, 6) is -0.0987. The number of halogens is 1. The highest BCUT2D eigenvalue weighted by atomic mass is 127. The van der Waals surface area contributed by atoms with Gasteiger partial charge in [-0.3, -0.25) is 4.79 Å². The van der Waals surface area contributed by atoms with Crippen molar-refractivity contribution in [3.05, 3.63) is 57.3 Å². The molecule has 1 heterocycles. The summed E-state index contributed by atoms with van der Waals surface area (Å²) < 4.78 is 6.35. The molecule has 0 radical (unpaired) electrons. The fourth-order valence-electron chi connectivity index (χ4n) is 2.18. The summed E-state index contributed by atoms with van der Waals surface area (Å²) in [4.78, 5) is 12.2. The smallest absolute Gasteiger partial charge is 0.230 e. The maximum atomic E-state index is 12.2. The molecule has 0 unspecified atom stereocenters. The van der Waals surface area contributed by atoms with E-state index < -0.39 is 0 Å². The van der Waals surface area contributed by atoms with Gasteiger partial charge in [0.05, 0.1) is 6.42 Å². The first kappa shape index (κ1) is 14.1. The standard InChI is InChI=1S/C16H13IN2O2/c1-10-8-11(17)6-7-13(10)18-16(20)9-14-12-4-2-3-5-15(12)21-19-14/h2-8H,9H2,1H3,(H,18,20). The number of carbonyl (C=O) groups is 1. The summed E-state index contributed by atoms with van der Waals surface area (Å²) in [5.41, 5.74) is 3.23. The predicted octanol–water partition coefficient (Wildman–Crippen LogP) is 3.92. The topological polar surface area (TPSA) is 55.1 Å². The minimum Gasteiger partial charge on any atom is -0.356 e. The van der Waals surface area contributed by atoms with E-state index in [0.29, 0.717) is 11.3 Å². The zero-order valence-corrected chi connectivity index (χ0v) is 13.5. The fraction of sp³-hybridized carbons (Fsp3) is 0.125. The van der Waals surface area contributed by atoms with Gasteiger partial charge in [-0.05, 0) is 65.4 Å². The Morgan fingerprint density at radius 2 is 2.10 bits per heavy atom. The molecule has 0 atom stereocenters. The number of amides is 1. The minimum atomic E-state index is -0.0987. The number of para-hydroxylation sites is 1. The molecule has 4 nitrogen and oxygen atoms in total. The van der Waals surface area contributed by atoms with Gasteiger partial charge in [-0.2, -0.15) is 0 Å². The van der Waals surface area contributed by atoms with E-state index in [0.717, 1.165) is 20.2 Å². The third kappa shape index (κ3) is 3.07. The van der Waals surface area contributed by atoms with Gasteiger partial charge in [-0.25, -0.2) is 0 Å². The van der Waals surface area contributed by atoms with Gasteiger partial charge in [0.25, 0.3) is 0 Å². The summed E-state index contributed by atoms with van der Waals surface area (Å²) in [6.45, 7) is 1.98. The number of carbonyl (C=O) groups excluding carboxylic acids is 1. The lowest BCUT2D eigenvalue weighted by molar-refractivity contribution is -0.115. The third-order valence-electron chi connectivity index (χ3n) is 3.24. The highest BCUT2D eigenvalue weighted by Gasteiger charge is 2.12. The molecule has 1 aromatic heterocycles. The summed E-state index contributed by atoms with van der Waals surface area (Å²) in [5, 5.41) is 7.77. The van der Waals surface area contributed by atoms with Crippen LogP contribution in [0.3, 0.4) is 0 Å². The number of benzene rings is 2. The van der Waals surface area contributed by atoms with Crippen LogP contribution in [0.15, 0.2) is 47.0 Å². The third-order valence-corrected chi connectivity index (χ3v) is 3.91. The summed E-state index contributed by atoms with van der Waals surface area (Å²) in [6.07, 6.45) is 0.197. The first-order chi connectivity index (χ1) is 10.1. The average molecular weight is 392 g/mol. The molecule has 0 bridgehead atoms. The van der Waals surface area contributed by atoms with Crippen LogP contribution in [0.2, 0.25) is 0 Å².